The third kappa shape index (κ3) is 7.55. The van der Waals surface area contributed by atoms with Crippen LogP contribution in [0.5, 0.6) is 0 Å². The van der Waals surface area contributed by atoms with Crippen LogP contribution in [0.3, 0.4) is 0 Å². The highest BCUT2D eigenvalue weighted by molar-refractivity contribution is 7.98. The Bertz CT molecular complexity index is 575. The SMILES string of the molecule is CN=C(NCCCCSC)NC1CCN(Cc2ccc(Cl)c(Cl)c2)CC1. The molecule has 1 aliphatic heterocycles. The summed E-state index contributed by atoms with van der Waals surface area (Å²) >= 11 is 14.0. The first-order valence-corrected chi connectivity index (χ1v) is 11.4. The van der Waals surface area contributed by atoms with Gasteiger partial charge in [0, 0.05) is 39.3 Å². The molecule has 2 rings (SSSR count). The molecule has 1 aromatic rings. The van der Waals surface area contributed by atoms with Crippen LogP contribution in [0.15, 0.2) is 23.2 Å². The molecule has 4 nitrogen and oxygen atoms in total. The maximum atomic E-state index is 6.12. The maximum absolute atomic E-state index is 6.12. The number of nitrogens with zero attached hydrogens (tertiary/aromatic N) is 2. The van der Waals surface area contributed by atoms with E-state index in [2.05, 4.69) is 32.8 Å². The zero-order valence-corrected chi connectivity index (χ0v) is 18.1. The van der Waals surface area contributed by atoms with E-state index in [-0.39, 0.29) is 0 Å². The van der Waals surface area contributed by atoms with E-state index < -0.39 is 0 Å². The van der Waals surface area contributed by atoms with Crippen LogP contribution in [0.2, 0.25) is 10.0 Å². The van der Waals surface area contributed by atoms with Crippen molar-refractivity contribution < 1.29 is 0 Å². The Balaban J connectivity index is 1.69. The predicted molar refractivity (Wildman–Crippen MR) is 117 cm³/mol. The second-order valence-electron chi connectivity index (χ2n) is 6.64. The average molecular weight is 417 g/mol. The first kappa shape index (κ1) is 21.7. The molecular weight excluding hydrogens is 387 g/mol. The van der Waals surface area contributed by atoms with Gasteiger partial charge in [0.2, 0.25) is 0 Å². The summed E-state index contributed by atoms with van der Waals surface area (Å²) in [5.74, 6) is 2.16. The highest BCUT2D eigenvalue weighted by Gasteiger charge is 2.20. The molecule has 1 aliphatic rings. The number of guanidine groups is 1. The highest BCUT2D eigenvalue weighted by Crippen LogP contribution is 2.24. The molecule has 1 fully saturated rings. The minimum Gasteiger partial charge on any atom is -0.356 e. The minimum atomic E-state index is 0.484. The normalized spacial score (nSPS) is 16.7. The van der Waals surface area contributed by atoms with Crippen LogP contribution in [-0.2, 0) is 6.54 Å². The van der Waals surface area contributed by atoms with Crippen LogP contribution in [0, 0.1) is 0 Å². The number of benzene rings is 1. The van der Waals surface area contributed by atoms with Crippen molar-refractivity contribution in [3.05, 3.63) is 33.8 Å². The first-order valence-electron chi connectivity index (χ1n) is 9.24. The van der Waals surface area contributed by atoms with E-state index in [1.807, 2.05) is 30.9 Å². The van der Waals surface area contributed by atoms with Gasteiger partial charge in [-0.05, 0) is 55.4 Å². The summed E-state index contributed by atoms with van der Waals surface area (Å²) in [6.45, 7) is 4.05. The van der Waals surface area contributed by atoms with E-state index >= 15 is 0 Å². The number of nitrogens with one attached hydrogen (secondary N) is 2. The number of rotatable bonds is 8. The Labute approximate surface area is 172 Å². The van der Waals surface area contributed by atoms with Gasteiger partial charge in [0.25, 0.3) is 0 Å². The average Bonchev–Trinajstić information content (AvgIpc) is 2.65. The van der Waals surface area contributed by atoms with Gasteiger partial charge in [0.05, 0.1) is 10.0 Å². The van der Waals surface area contributed by atoms with E-state index in [0.29, 0.717) is 16.1 Å². The summed E-state index contributed by atoms with van der Waals surface area (Å²) in [5.41, 5.74) is 1.22. The topological polar surface area (TPSA) is 39.7 Å². The number of thioether (sulfide) groups is 1. The lowest BCUT2D eigenvalue weighted by molar-refractivity contribution is 0.198. The molecule has 0 radical (unpaired) electrons. The molecule has 2 N–H and O–H groups in total. The van der Waals surface area contributed by atoms with Crippen molar-refractivity contribution in [2.45, 2.75) is 38.3 Å². The number of hydrogen-bond donors (Lipinski definition) is 2. The van der Waals surface area contributed by atoms with Crippen molar-refractivity contribution in [1.82, 2.24) is 15.5 Å². The lowest BCUT2D eigenvalue weighted by Crippen LogP contribution is -2.48. The predicted octanol–water partition coefficient (Wildman–Crippen LogP) is 4.27. The molecule has 0 bridgehead atoms. The Kier molecular flexibility index (Phi) is 9.97. The molecule has 0 spiro atoms. The largest absolute Gasteiger partial charge is 0.356 e. The Morgan fingerprint density at radius 1 is 1.23 bits per heavy atom. The van der Waals surface area contributed by atoms with Crippen molar-refractivity contribution in [1.29, 1.82) is 0 Å². The smallest absolute Gasteiger partial charge is 0.191 e. The molecule has 1 heterocycles. The van der Waals surface area contributed by atoms with Crippen molar-refractivity contribution in [2.75, 3.05) is 38.7 Å². The van der Waals surface area contributed by atoms with Crippen molar-refractivity contribution in [3.63, 3.8) is 0 Å². The molecule has 146 valence electrons. The van der Waals surface area contributed by atoms with Gasteiger partial charge >= 0.3 is 0 Å². The van der Waals surface area contributed by atoms with Crippen LogP contribution in [0.4, 0.5) is 0 Å². The molecule has 1 aromatic carbocycles. The maximum Gasteiger partial charge on any atom is 0.191 e. The summed E-state index contributed by atoms with van der Waals surface area (Å²) < 4.78 is 0. The number of unbranched alkanes of at least 4 members (excludes halogenated alkanes) is 1. The number of likely N-dealkylation sites (tertiary alicyclic amines) is 1. The van der Waals surface area contributed by atoms with Gasteiger partial charge in [-0.15, -0.1) is 0 Å². The van der Waals surface area contributed by atoms with Gasteiger partial charge < -0.3 is 10.6 Å². The lowest BCUT2D eigenvalue weighted by Gasteiger charge is -2.33. The third-order valence-corrected chi connectivity index (χ3v) is 6.05. The van der Waals surface area contributed by atoms with E-state index in [0.717, 1.165) is 45.0 Å². The fourth-order valence-corrected chi connectivity index (χ4v) is 3.91. The van der Waals surface area contributed by atoms with Crippen molar-refractivity contribution in [2.24, 2.45) is 4.99 Å². The van der Waals surface area contributed by atoms with Gasteiger partial charge in [-0.25, -0.2) is 0 Å². The third-order valence-electron chi connectivity index (χ3n) is 4.61. The molecule has 26 heavy (non-hydrogen) atoms. The Morgan fingerprint density at radius 3 is 2.65 bits per heavy atom. The summed E-state index contributed by atoms with van der Waals surface area (Å²) in [6, 6.07) is 6.39. The van der Waals surface area contributed by atoms with E-state index in [9.17, 15) is 0 Å². The van der Waals surface area contributed by atoms with Crippen LogP contribution in [0.1, 0.15) is 31.2 Å². The summed E-state index contributed by atoms with van der Waals surface area (Å²) in [4.78, 5) is 6.82. The molecule has 0 unspecified atom stereocenters. The molecule has 0 aromatic heterocycles. The lowest BCUT2D eigenvalue weighted by atomic mass is 10.0. The van der Waals surface area contributed by atoms with Crippen LogP contribution in [0.25, 0.3) is 0 Å². The molecule has 0 atom stereocenters. The fraction of sp³-hybridized carbons (Fsp3) is 0.632. The van der Waals surface area contributed by atoms with Gasteiger partial charge in [-0.1, -0.05) is 29.3 Å². The Morgan fingerprint density at radius 2 is 2.00 bits per heavy atom. The van der Waals surface area contributed by atoms with Crippen LogP contribution < -0.4 is 10.6 Å². The number of hydrogen-bond acceptors (Lipinski definition) is 3. The molecule has 1 saturated heterocycles. The zero-order chi connectivity index (χ0) is 18.8. The molecule has 0 saturated carbocycles. The van der Waals surface area contributed by atoms with Crippen molar-refractivity contribution >= 4 is 40.9 Å². The first-order chi connectivity index (χ1) is 12.6. The number of aliphatic imine (C=N–C) groups is 1. The molecule has 7 heteroatoms. The summed E-state index contributed by atoms with van der Waals surface area (Å²) in [5, 5.41) is 8.24. The van der Waals surface area contributed by atoms with Gasteiger partial charge in [0.15, 0.2) is 5.96 Å². The monoisotopic (exact) mass is 416 g/mol. The summed E-state index contributed by atoms with van der Waals surface area (Å²) in [7, 11) is 1.84. The number of piperidine rings is 1. The fourth-order valence-electron chi connectivity index (χ4n) is 3.10. The minimum absolute atomic E-state index is 0.484. The van der Waals surface area contributed by atoms with Crippen LogP contribution in [-0.4, -0.2) is 55.6 Å². The van der Waals surface area contributed by atoms with Crippen molar-refractivity contribution in [3.8, 4) is 0 Å². The Hall–Kier alpha value is -0.620. The van der Waals surface area contributed by atoms with Gasteiger partial charge in [-0.3, -0.25) is 9.89 Å². The highest BCUT2D eigenvalue weighted by atomic mass is 35.5. The quantitative estimate of drug-likeness (QED) is 0.377. The van der Waals surface area contributed by atoms with Gasteiger partial charge in [-0.2, -0.15) is 11.8 Å². The molecule has 0 aliphatic carbocycles. The number of halogens is 2. The van der Waals surface area contributed by atoms with E-state index in [4.69, 9.17) is 23.2 Å². The molecular formula is C19H30Cl2N4S. The zero-order valence-electron chi connectivity index (χ0n) is 15.7. The van der Waals surface area contributed by atoms with Crippen LogP contribution >= 0.6 is 35.0 Å². The second-order valence-corrected chi connectivity index (χ2v) is 8.44. The van der Waals surface area contributed by atoms with E-state index in [1.54, 1.807) is 0 Å². The van der Waals surface area contributed by atoms with E-state index in [1.165, 1.54) is 24.2 Å². The molecule has 0 amide bonds. The summed E-state index contributed by atoms with van der Waals surface area (Å²) in [6.07, 6.45) is 6.83. The standard InChI is InChI=1S/C19H30Cl2N4S/c1-22-19(23-9-3-4-12-26-2)24-16-7-10-25(11-8-16)14-15-5-6-17(20)18(21)13-15/h5-6,13,16H,3-4,7-12,14H2,1-2H3,(H2,22,23,24). The van der Waals surface area contributed by atoms with Gasteiger partial charge in [0.1, 0.15) is 0 Å². The second kappa shape index (κ2) is 12.0.